The van der Waals surface area contributed by atoms with Crippen molar-refractivity contribution < 1.29 is 13.2 Å². The molecule has 20 heavy (non-hydrogen) atoms. The molecule has 0 heterocycles. The molecule has 2 nitrogen and oxygen atoms in total. The van der Waals surface area contributed by atoms with E-state index in [0.29, 0.717) is 6.54 Å². The van der Waals surface area contributed by atoms with Gasteiger partial charge in [-0.05, 0) is 44.1 Å². The monoisotopic (exact) mass is 294 g/mol. The predicted molar refractivity (Wildman–Crippen MR) is 76.8 cm³/mol. The average Bonchev–Trinajstić information content (AvgIpc) is 3.19. The van der Waals surface area contributed by atoms with E-state index in [1.54, 1.807) is 4.90 Å². The van der Waals surface area contributed by atoms with Gasteiger partial charge in [0.05, 0.1) is 6.54 Å². The van der Waals surface area contributed by atoms with Crippen molar-refractivity contribution in [2.45, 2.75) is 65.1 Å². The van der Waals surface area contributed by atoms with Crippen LogP contribution in [0, 0.1) is 5.41 Å². The van der Waals surface area contributed by atoms with E-state index in [-0.39, 0.29) is 11.5 Å². The summed E-state index contributed by atoms with van der Waals surface area (Å²) in [6.07, 6.45) is 0.637. The van der Waals surface area contributed by atoms with Crippen LogP contribution in [0.3, 0.4) is 0 Å². The molecular weight excluding hydrogens is 265 g/mol. The second-order valence-electron chi connectivity index (χ2n) is 6.14. The Morgan fingerprint density at radius 2 is 1.65 bits per heavy atom. The third kappa shape index (κ3) is 6.00. The number of halogens is 3. The topological polar surface area (TPSA) is 15.3 Å². The zero-order valence-electron chi connectivity index (χ0n) is 13.0. The summed E-state index contributed by atoms with van der Waals surface area (Å²) in [6.45, 7) is 7.84. The molecule has 0 aromatic rings. The lowest BCUT2D eigenvalue weighted by atomic mass is 9.81. The van der Waals surface area contributed by atoms with E-state index in [4.69, 9.17) is 0 Å². The fourth-order valence-corrected chi connectivity index (χ4v) is 2.72. The molecule has 1 saturated carbocycles. The summed E-state index contributed by atoms with van der Waals surface area (Å²) >= 11 is 0. The number of hydrogen-bond acceptors (Lipinski definition) is 2. The highest BCUT2D eigenvalue weighted by Gasteiger charge is 2.41. The van der Waals surface area contributed by atoms with Crippen molar-refractivity contribution >= 4 is 0 Å². The molecule has 0 aromatic heterocycles. The van der Waals surface area contributed by atoms with Gasteiger partial charge in [-0.25, -0.2) is 0 Å². The van der Waals surface area contributed by atoms with Gasteiger partial charge in [0.15, 0.2) is 0 Å². The molecule has 120 valence electrons. The summed E-state index contributed by atoms with van der Waals surface area (Å²) in [5.74, 6) is 0. The number of hydrogen-bond donors (Lipinski definition) is 1. The van der Waals surface area contributed by atoms with Crippen LogP contribution in [-0.2, 0) is 0 Å². The first-order valence-corrected chi connectivity index (χ1v) is 7.87. The lowest BCUT2D eigenvalue weighted by molar-refractivity contribution is -0.150. The van der Waals surface area contributed by atoms with E-state index >= 15 is 0 Å². The summed E-state index contributed by atoms with van der Waals surface area (Å²) in [6, 6.07) is 0.153. The molecule has 1 rings (SSSR count). The van der Waals surface area contributed by atoms with Crippen LogP contribution in [0.1, 0.15) is 52.9 Å². The Labute approximate surface area is 121 Å². The maximum Gasteiger partial charge on any atom is 0.401 e. The minimum absolute atomic E-state index is 0.0387. The van der Waals surface area contributed by atoms with Crippen LogP contribution >= 0.6 is 0 Å². The summed E-state index contributed by atoms with van der Waals surface area (Å²) in [4.78, 5) is 1.67. The predicted octanol–water partition coefficient (Wildman–Crippen LogP) is 3.82. The molecule has 1 fully saturated rings. The second kappa shape index (κ2) is 7.64. The largest absolute Gasteiger partial charge is 0.401 e. The molecule has 1 aliphatic carbocycles. The summed E-state index contributed by atoms with van der Waals surface area (Å²) < 4.78 is 38.2. The molecule has 0 spiro atoms. The zero-order chi connectivity index (χ0) is 15.2. The van der Waals surface area contributed by atoms with E-state index in [0.717, 1.165) is 45.2 Å². The quantitative estimate of drug-likeness (QED) is 0.616. The van der Waals surface area contributed by atoms with E-state index in [9.17, 15) is 13.2 Å². The van der Waals surface area contributed by atoms with Gasteiger partial charge in [0.2, 0.25) is 0 Å². The molecule has 0 radical (unpaired) electrons. The van der Waals surface area contributed by atoms with Gasteiger partial charge in [-0.3, -0.25) is 4.90 Å². The average molecular weight is 294 g/mol. The Bertz CT molecular complexity index is 271. The minimum Gasteiger partial charge on any atom is -0.316 e. The van der Waals surface area contributed by atoms with Crippen molar-refractivity contribution in [2.75, 3.05) is 26.2 Å². The van der Waals surface area contributed by atoms with Crippen LogP contribution in [0.15, 0.2) is 0 Å². The van der Waals surface area contributed by atoms with E-state index in [1.807, 2.05) is 0 Å². The zero-order valence-corrected chi connectivity index (χ0v) is 13.0. The number of nitrogens with zero attached hydrogens (tertiary/aromatic N) is 1. The molecule has 0 bridgehead atoms. The first kappa shape index (κ1) is 17.8. The maximum absolute atomic E-state index is 12.7. The molecule has 0 aliphatic heterocycles. The normalized spacial score (nSPS) is 16.9. The standard InChI is InChI=1S/C15H29F3N2/c1-4-9-19-10-14(5-2,6-3)11-20(13-7-8-13)12-15(16,17)18/h13,19H,4-12H2,1-3H3. The van der Waals surface area contributed by atoms with Gasteiger partial charge < -0.3 is 5.32 Å². The molecule has 0 amide bonds. The maximum atomic E-state index is 12.7. The summed E-state index contributed by atoms with van der Waals surface area (Å²) in [5.41, 5.74) is -0.0387. The smallest absolute Gasteiger partial charge is 0.316 e. The lowest BCUT2D eigenvalue weighted by Gasteiger charge is -2.38. The van der Waals surface area contributed by atoms with Gasteiger partial charge in [0, 0.05) is 19.1 Å². The number of alkyl halides is 3. The summed E-state index contributed by atoms with van der Waals surface area (Å²) in [7, 11) is 0. The molecule has 0 saturated heterocycles. The van der Waals surface area contributed by atoms with Crippen LogP contribution in [0.5, 0.6) is 0 Å². The Balaban J connectivity index is 2.64. The van der Waals surface area contributed by atoms with Crippen LogP contribution in [0.25, 0.3) is 0 Å². The van der Waals surface area contributed by atoms with Crippen molar-refractivity contribution in [3.05, 3.63) is 0 Å². The highest BCUT2D eigenvalue weighted by Crippen LogP contribution is 2.35. The van der Waals surface area contributed by atoms with E-state index in [1.165, 1.54) is 0 Å². The van der Waals surface area contributed by atoms with Crippen molar-refractivity contribution in [3.8, 4) is 0 Å². The van der Waals surface area contributed by atoms with Crippen molar-refractivity contribution in [1.29, 1.82) is 0 Å². The molecule has 0 unspecified atom stereocenters. The van der Waals surface area contributed by atoms with Crippen LogP contribution in [0.2, 0.25) is 0 Å². The Hall–Kier alpha value is -0.290. The van der Waals surface area contributed by atoms with E-state index < -0.39 is 12.7 Å². The van der Waals surface area contributed by atoms with Gasteiger partial charge in [-0.15, -0.1) is 0 Å². The van der Waals surface area contributed by atoms with Gasteiger partial charge in [0.25, 0.3) is 0 Å². The first-order valence-electron chi connectivity index (χ1n) is 7.87. The van der Waals surface area contributed by atoms with Crippen molar-refractivity contribution in [2.24, 2.45) is 5.41 Å². The molecular formula is C15H29F3N2. The SMILES string of the molecule is CCCNCC(CC)(CC)CN(CC(F)(F)F)C1CC1. The molecule has 0 aromatic carbocycles. The van der Waals surface area contributed by atoms with Gasteiger partial charge in [-0.2, -0.15) is 13.2 Å². The molecule has 1 N–H and O–H groups in total. The van der Waals surface area contributed by atoms with E-state index in [2.05, 4.69) is 26.1 Å². The van der Waals surface area contributed by atoms with Crippen LogP contribution in [0.4, 0.5) is 13.2 Å². The Morgan fingerprint density at radius 3 is 2.05 bits per heavy atom. The highest BCUT2D eigenvalue weighted by molar-refractivity contribution is 4.91. The van der Waals surface area contributed by atoms with Gasteiger partial charge >= 0.3 is 6.18 Å². The minimum atomic E-state index is -4.09. The molecule has 0 atom stereocenters. The molecule has 1 aliphatic rings. The van der Waals surface area contributed by atoms with Crippen molar-refractivity contribution in [1.82, 2.24) is 10.2 Å². The van der Waals surface area contributed by atoms with Crippen LogP contribution < -0.4 is 5.32 Å². The third-order valence-electron chi connectivity index (χ3n) is 4.41. The molecule has 5 heteroatoms. The third-order valence-corrected chi connectivity index (χ3v) is 4.41. The summed E-state index contributed by atoms with van der Waals surface area (Å²) in [5, 5.41) is 3.40. The van der Waals surface area contributed by atoms with Gasteiger partial charge in [0.1, 0.15) is 0 Å². The second-order valence-corrected chi connectivity index (χ2v) is 6.14. The van der Waals surface area contributed by atoms with Crippen LogP contribution in [-0.4, -0.2) is 43.3 Å². The number of rotatable bonds is 10. The Morgan fingerprint density at radius 1 is 1.05 bits per heavy atom. The number of nitrogens with one attached hydrogen (secondary N) is 1. The highest BCUT2D eigenvalue weighted by atomic mass is 19.4. The lowest BCUT2D eigenvalue weighted by Crippen LogP contribution is -2.47. The first-order chi connectivity index (χ1) is 9.36. The van der Waals surface area contributed by atoms with Crippen molar-refractivity contribution in [3.63, 3.8) is 0 Å². The van der Waals surface area contributed by atoms with Gasteiger partial charge in [-0.1, -0.05) is 20.8 Å². The fourth-order valence-electron chi connectivity index (χ4n) is 2.72. The fraction of sp³-hybridized carbons (Fsp3) is 1.00. The Kier molecular flexibility index (Phi) is 6.79.